The first-order valence-corrected chi connectivity index (χ1v) is 6.69. The summed E-state index contributed by atoms with van der Waals surface area (Å²) < 4.78 is 5.79. The molecule has 2 heteroatoms. The summed E-state index contributed by atoms with van der Waals surface area (Å²) in [6, 6.07) is 22.7. The number of rotatable bonds is 1. The molecule has 0 aliphatic carbocycles. The Kier molecular flexibility index (Phi) is 2.52. The second-order valence-electron chi connectivity index (χ2n) is 4.90. The molecule has 0 unspecified atom stereocenters. The van der Waals surface area contributed by atoms with E-state index in [4.69, 9.17) is 4.74 Å². The first-order chi connectivity index (χ1) is 9.90. The Balaban J connectivity index is 1.82. The molecule has 0 aromatic heterocycles. The van der Waals surface area contributed by atoms with E-state index in [2.05, 4.69) is 41.4 Å². The van der Waals surface area contributed by atoms with E-state index >= 15 is 0 Å². The lowest BCUT2D eigenvalue weighted by atomic mass is 10.1. The Bertz CT molecular complexity index is 820. The molecule has 2 nitrogen and oxygen atoms in total. The van der Waals surface area contributed by atoms with E-state index < -0.39 is 0 Å². The van der Waals surface area contributed by atoms with Gasteiger partial charge in [0.1, 0.15) is 6.61 Å². The van der Waals surface area contributed by atoms with Crippen LogP contribution in [0.2, 0.25) is 0 Å². The van der Waals surface area contributed by atoms with Crippen molar-refractivity contribution >= 4 is 22.4 Å². The van der Waals surface area contributed by atoms with E-state index in [1.165, 1.54) is 10.8 Å². The Morgan fingerprint density at radius 3 is 2.55 bits per heavy atom. The predicted octanol–water partition coefficient (Wildman–Crippen LogP) is 4.45. The molecule has 96 valence electrons. The summed E-state index contributed by atoms with van der Waals surface area (Å²) in [5, 5.41) is 2.43. The van der Waals surface area contributed by atoms with E-state index in [1.807, 2.05) is 30.3 Å². The maximum Gasteiger partial charge on any atom is 0.221 e. The van der Waals surface area contributed by atoms with Gasteiger partial charge in [-0.3, -0.25) is 0 Å². The molecule has 1 heterocycles. The normalized spacial score (nSPS) is 13.5. The number of fused-ring (bicyclic) bond motifs is 2. The zero-order valence-corrected chi connectivity index (χ0v) is 10.9. The first-order valence-electron chi connectivity index (χ1n) is 6.69. The highest BCUT2D eigenvalue weighted by atomic mass is 16.5. The quantitative estimate of drug-likeness (QED) is 0.632. The van der Waals surface area contributed by atoms with Crippen LogP contribution in [0.5, 0.6) is 0 Å². The predicted molar refractivity (Wildman–Crippen MR) is 81.4 cm³/mol. The van der Waals surface area contributed by atoms with Crippen LogP contribution >= 0.6 is 0 Å². The fourth-order valence-electron chi connectivity index (χ4n) is 2.50. The van der Waals surface area contributed by atoms with E-state index in [9.17, 15) is 0 Å². The molecular weight excluding hydrogens is 246 g/mol. The summed E-state index contributed by atoms with van der Waals surface area (Å²) in [6.45, 7) is 0.585. The third-order valence-electron chi connectivity index (χ3n) is 3.57. The van der Waals surface area contributed by atoms with Gasteiger partial charge in [-0.05, 0) is 29.0 Å². The minimum Gasteiger partial charge on any atom is -0.472 e. The van der Waals surface area contributed by atoms with Crippen LogP contribution in [0.15, 0.2) is 71.7 Å². The van der Waals surface area contributed by atoms with Gasteiger partial charge in [0.15, 0.2) is 0 Å². The van der Waals surface area contributed by atoms with Gasteiger partial charge in [-0.1, -0.05) is 48.5 Å². The zero-order chi connectivity index (χ0) is 13.4. The van der Waals surface area contributed by atoms with Crippen LogP contribution in [0.4, 0.5) is 5.69 Å². The van der Waals surface area contributed by atoms with Crippen molar-refractivity contribution in [3.8, 4) is 0 Å². The number of ether oxygens (including phenoxy) is 1. The first kappa shape index (κ1) is 11.2. The van der Waals surface area contributed by atoms with Gasteiger partial charge in [-0.25, -0.2) is 4.99 Å². The van der Waals surface area contributed by atoms with Crippen LogP contribution in [0.1, 0.15) is 11.1 Å². The monoisotopic (exact) mass is 259 g/mol. The molecule has 4 rings (SSSR count). The SMILES string of the molecule is c1ccc2c(c1)COC(c1ccc3ccccc3c1)=N2. The molecule has 3 aromatic rings. The lowest BCUT2D eigenvalue weighted by Gasteiger charge is -2.17. The number of hydrogen-bond donors (Lipinski definition) is 0. The average molecular weight is 259 g/mol. The van der Waals surface area contributed by atoms with E-state index in [0.29, 0.717) is 12.5 Å². The second kappa shape index (κ2) is 4.49. The van der Waals surface area contributed by atoms with Gasteiger partial charge in [-0.15, -0.1) is 0 Å². The highest BCUT2D eigenvalue weighted by Crippen LogP contribution is 2.26. The standard InChI is InChI=1S/C18H13NO/c1-2-6-14-11-15(10-9-13(14)5-1)18-19-17-8-4-3-7-16(17)12-20-18/h1-11H,12H2. The fourth-order valence-corrected chi connectivity index (χ4v) is 2.50. The van der Waals surface area contributed by atoms with Crippen molar-refractivity contribution in [2.45, 2.75) is 6.61 Å². The topological polar surface area (TPSA) is 21.6 Å². The summed E-state index contributed by atoms with van der Waals surface area (Å²) >= 11 is 0. The summed E-state index contributed by atoms with van der Waals surface area (Å²) in [4.78, 5) is 4.62. The lowest BCUT2D eigenvalue weighted by molar-refractivity contribution is 0.288. The Labute approximate surface area is 117 Å². The molecule has 0 N–H and O–H groups in total. The molecule has 20 heavy (non-hydrogen) atoms. The Morgan fingerprint density at radius 1 is 0.800 bits per heavy atom. The van der Waals surface area contributed by atoms with Gasteiger partial charge in [0.25, 0.3) is 0 Å². The maximum atomic E-state index is 5.79. The minimum atomic E-state index is 0.585. The molecule has 0 spiro atoms. The number of para-hydroxylation sites is 1. The minimum absolute atomic E-state index is 0.585. The van der Waals surface area contributed by atoms with E-state index in [0.717, 1.165) is 16.8 Å². The molecule has 0 saturated heterocycles. The fraction of sp³-hybridized carbons (Fsp3) is 0.0556. The van der Waals surface area contributed by atoms with Crippen LogP contribution < -0.4 is 0 Å². The van der Waals surface area contributed by atoms with Crippen molar-refractivity contribution in [1.82, 2.24) is 0 Å². The molecule has 0 fully saturated rings. The molecule has 0 saturated carbocycles. The maximum absolute atomic E-state index is 5.79. The second-order valence-corrected chi connectivity index (χ2v) is 4.90. The average Bonchev–Trinajstić information content (AvgIpc) is 2.54. The molecule has 1 aliphatic heterocycles. The van der Waals surface area contributed by atoms with Crippen LogP contribution in [-0.2, 0) is 11.3 Å². The van der Waals surface area contributed by atoms with Gasteiger partial charge in [0, 0.05) is 11.1 Å². The smallest absolute Gasteiger partial charge is 0.221 e. The zero-order valence-electron chi connectivity index (χ0n) is 10.9. The van der Waals surface area contributed by atoms with Gasteiger partial charge in [-0.2, -0.15) is 0 Å². The number of hydrogen-bond acceptors (Lipinski definition) is 2. The molecule has 0 atom stereocenters. The highest BCUT2D eigenvalue weighted by Gasteiger charge is 2.14. The molecule has 0 amide bonds. The van der Waals surface area contributed by atoms with E-state index in [-0.39, 0.29) is 0 Å². The Morgan fingerprint density at radius 2 is 1.60 bits per heavy atom. The molecular formula is C18H13NO. The van der Waals surface area contributed by atoms with Crippen molar-refractivity contribution < 1.29 is 4.74 Å². The third kappa shape index (κ3) is 1.86. The number of aliphatic imine (C=N–C) groups is 1. The van der Waals surface area contributed by atoms with Crippen molar-refractivity contribution in [3.63, 3.8) is 0 Å². The van der Waals surface area contributed by atoms with Crippen LogP contribution in [0.3, 0.4) is 0 Å². The van der Waals surface area contributed by atoms with Crippen LogP contribution in [0, 0.1) is 0 Å². The molecule has 0 radical (unpaired) electrons. The summed E-state index contributed by atoms with van der Waals surface area (Å²) in [5.74, 6) is 0.703. The van der Waals surface area contributed by atoms with Crippen molar-refractivity contribution in [2.75, 3.05) is 0 Å². The van der Waals surface area contributed by atoms with Gasteiger partial charge in [0.05, 0.1) is 5.69 Å². The summed E-state index contributed by atoms with van der Waals surface area (Å²) in [5.41, 5.74) is 3.16. The third-order valence-corrected chi connectivity index (χ3v) is 3.57. The lowest BCUT2D eigenvalue weighted by Crippen LogP contribution is -2.10. The van der Waals surface area contributed by atoms with Crippen LogP contribution in [0.25, 0.3) is 10.8 Å². The van der Waals surface area contributed by atoms with Gasteiger partial charge < -0.3 is 4.74 Å². The molecule has 3 aromatic carbocycles. The Hall–Kier alpha value is -2.61. The van der Waals surface area contributed by atoms with Gasteiger partial charge in [0.2, 0.25) is 5.90 Å². The number of benzene rings is 3. The summed E-state index contributed by atoms with van der Waals surface area (Å²) in [6.07, 6.45) is 0. The van der Waals surface area contributed by atoms with Gasteiger partial charge >= 0.3 is 0 Å². The number of nitrogens with zero attached hydrogens (tertiary/aromatic N) is 1. The van der Waals surface area contributed by atoms with E-state index in [1.54, 1.807) is 0 Å². The van der Waals surface area contributed by atoms with Crippen molar-refractivity contribution in [1.29, 1.82) is 0 Å². The van der Waals surface area contributed by atoms with Crippen molar-refractivity contribution in [3.05, 3.63) is 77.9 Å². The highest BCUT2D eigenvalue weighted by molar-refractivity contribution is 6.00. The molecule has 1 aliphatic rings. The van der Waals surface area contributed by atoms with Crippen LogP contribution in [-0.4, -0.2) is 5.90 Å². The van der Waals surface area contributed by atoms with Crippen molar-refractivity contribution in [2.24, 2.45) is 4.99 Å². The molecule has 0 bridgehead atoms. The largest absolute Gasteiger partial charge is 0.472 e. The summed E-state index contributed by atoms with van der Waals surface area (Å²) in [7, 11) is 0.